The van der Waals surface area contributed by atoms with Crippen molar-refractivity contribution in [1.29, 1.82) is 0 Å². The Labute approximate surface area is 140 Å². The van der Waals surface area contributed by atoms with E-state index in [0.29, 0.717) is 29.4 Å². The topological polar surface area (TPSA) is 46.9 Å². The van der Waals surface area contributed by atoms with Gasteiger partial charge in [-0.05, 0) is 49.9 Å². The summed E-state index contributed by atoms with van der Waals surface area (Å²) in [5.41, 5.74) is 1.51. The first-order chi connectivity index (χ1) is 10.9. The summed E-state index contributed by atoms with van der Waals surface area (Å²) in [6.07, 6.45) is 1.98. The smallest absolute Gasteiger partial charge is 0.256 e. The number of carbonyl (C=O) groups excluding carboxylic acids is 1. The van der Waals surface area contributed by atoms with Gasteiger partial charge in [-0.25, -0.2) is 9.07 Å². The van der Waals surface area contributed by atoms with E-state index in [-0.39, 0.29) is 16.9 Å². The molecule has 2 aromatic rings. The number of carbonyl (C=O) groups is 1. The lowest BCUT2D eigenvalue weighted by molar-refractivity contribution is 0.0952. The summed E-state index contributed by atoms with van der Waals surface area (Å²) in [6, 6.07) is 5.79. The number of benzene rings is 1. The van der Waals surface area contributed by atoms with Crippen LogP contribution in [-0.4, -0.2) is 22.2 Å². The lowest BCUT2D eigenvalue weighted by Gasteiger charge is -2.07. The highest BCUT2D eigenvalue weighted by atomic mass is 35.5. The molecule has 0 spiro atoms. The van der Waals surface area contributed by atoms with Crippen LogP contribution >= 0.6 is 11.6 Å². The second kappa shape index (κ2) is 7.59. The maximum atomic E-state index is 13.0. The highest BCUT2D eigenvalue weighted by Crippen LogP contribution is 2.23. The number of hydrogen-bond acceptors (Lipinski definition) is 2. The highest BCUT2D eigenvalue weighted by Gasteiger charge is 2.20. The van der Waals surface area contributed by atoms with E-state index in [1.807, 2.05) is 0 Å². The van der Waals surface area contributed by atoms with Crippen LogP contribution in [0.5, 0.6) is 0 Å². The third-order valence-corrected chi connectivity index (χ3v) is 3.90. The second-order valence-corrected chi connectivity index (χ2v) is 6.29. The first kappa shape index (κ1) is 17.5. The van der Waals surface area contributed by atoms with Crippen molar-refractivity contribution >= 4 is 17.5 Å². The molecule has 0 aliphatic rings. The Balaban J connectivity index is 2.14. The first-order valence-electron chi connectivity index (χ1n) is 7.69. The van der Waals surface area contributed by atoms with E-state index in [1.54, 1.807) is 19.1 Å². The molecule has 0 radical (unpaired) electrons. The zero-order chi connectivity index (χ0) is 17.0. The van der Waals surface area contributed by atoms with Gasteiger partial charge < -0.3 is 5.32 Å². The van der Waals surface area contributed by atoms with E-state index in [4.69, 9.17) is 11.6 Å². The molecule has 0 atom stereocenters. The van der Waals surface area contributed by atoms with Crippen LogP contribution in [-0.2, 0) is 0 Å². The van der Waals surface area contributed by atoms with Crippen molar-refractivity contribution in [3.05, 3.63) is 46.5 Å². The van der Waals surface area contributed by atoms with Gasteiger partial charge in [-0.3, -0.25) is 4.79 Å². The van der Waals surface area contributed by atoms with Crippen molar-refractivity contribution < 1.29 is 9.18 Å². The minimum atomic E-state index is -0.336. The minimum Gasteiger partial charge on any atom is -0.352 e. The molecule has 4 nitrogen and oxygen atoms in total. The number of nitrogens with zero attached hydrogens (tertiary/aromatic N) is 2. The van der Waals surface area contributed by atoms with E-state index in [2.05, 4.69) is 24.3 Å². The third kappa shape index (κ3) is 4.32. The number of nitrogens with one attached hydrogen (secondary N) is 1. The van der Waals surface area contributed by atoms with Crippen LogP contribution in [0.3, 0.4) is 0 Å². The van der Waals surface area contributed by atoms with Crippen LogP contribution in [0.1, 0.15) is 42.7 Å². The van der Waals surface area contributed by atoms with Crippen LogP contribution in [0, 0.1) is 18.7 Å². The lowest BCUT2D eigenvalue weighted by atomic mass is 10.1. The van der Waals surface area contributed by atoms with Crippen LogP contribution in [0.4, 0.5) is 4.39 Å². The Hall–Kier alpha value is -1.88. The van der Waals surface area contributed by atoms with Gasteiger partial charge in [0.25, 0.3) is 5.91 Å². The van der Waals surface area contributed by atoms with Crippen molar-refractivity contribution in [3.8, 4) is 5.69 Å². The highest BCUT2D eigenvalue weighted by molar-refractivity contribution is 6.33. The van der Waals surface area contributed by atoms with Gasteiger partial charge in [0.05, 0.1) is 16.9 Å². The standard InChI is InChI=1S/C17H21ClFN3O/c1-11(2)5-4-10-20-17(23)15-12(3)21-22(16(15)18)14-8-6-13(19)7-9-14/h6-9,11H,4-5,10H2,1-3H3,(H,20,23). The summed E-state index contributed by atoms with van der Waals surface area (Å²) < 4.78 is 14.5. The SMILES string of the molecule is Cc1nn(-c2ccc(F)cc2)c(Cl)c1C(=O)NCCCC(C)C. The van der Waals surface area contributed by atoms with Gasteiger partial charge in [0, 0.05) is 6.54 Å². The molecule has 6 heteroatoms. The average molecular weight is 338 g/mol. The fourth-order valence-electron chi connectivity index (χ4n) is 2.31. The normalized spacial score (nSPS) is 11.0. The van der Waals surface area contributed by atoms with Crippen molar-refractivity contribution in [2.45, 2.75) is 33.6 Å². The summed E-state index contributed by atoms with van der Waals surface area (Å²) >= 11 is 6.31. The van der Waals surface area contributed by atoms with Crippen molar-refractivity contribution in [1.82, 2.24) is 15.1 Å². The van der Waals surface area contributed by atoms with Crippen LogP contribution in [0.2, 0.25) is 5.15 Å². The molecule has 1 amide bonds. The summed E-state index contributed by atoms with van der Waals surface area (Å²) in [5.74, 6) is 0.0416. The van der Waals surface area contributed by atoms with Crippen LogP contribution < -0.4 is 5.32 Å². The second-order valence-electron chi connectivity index (χ2n) is 5.93. The Morgan fingerprint density at radius 2 is 2.00 bits per heavy atom. The molecular formula is C17H21ClFN3O. The minimum absolute atomic E-state index is 0.232. The van der Waals surface area contributed by atoms with E-state index >= 15 is 0 Å². The van der Waals surface area contributed by atoms with Gasteiger partial charge in [0.1, 0.15) is 11.0 Å². The zero-order valence-electron chi connectivity index (χ0n) is 13.6. The zero-order valence-corrected chi connectivity index (χ0v) is 14.3. The number of halogens is 2. The molecule has 2 rings (SSSR count). The number of aryl methyl sites for hydroxylation is 1. The number of rotatable bonds is 6. The third-order valence-electron chi connectivity index (χ3n) is 3.55. The molecule has 0 saturated heterocycles. The van der Waals surface area contributed by atoms with Crippen LogP contribution in [0.15, 0.2) is 24.3 Å². The summed E-state index contributed by atoms with van der Waals surface area (Å²) in [6.45, 7) is 6.63. The summed E-state index contributed by atoms with van der Waals surface area (Å²) in [5, 5.41) is 7.39. The van der Waals surface area contributed by atoms with Crippen LogP contribution in [0.25, 0.3) is 5.69 Å². The molecule has 1 N–H and O–H groups in total. The monoisotopic (exact) mass is 337 g/mol. The summed E-state index contributed by atoms with van der Waals surface area (Å²) in [7, 11) is 0. The molecule has 0 aliphatic carbocycles. The molecule has 1 aromatic carbocycles. The van der Waals surface area contributed by atoms with Gasteiger partial charge in [-0.2, -0.15) is 5.10 Å². The molecule has 124 valence electrons. The van der Waals surface area contributed by atoms with Crippen molar-refractivity contribution in [2.75, 3.05) is 6.54 Å². The van der Waals surface area contributed by atoms with Crippen molar-refractivity contribution in [2.24, 2.45) is 5.92 Å². The van der Waals surface area contributed by atoms with Gasteiger partial charge in [0.15, 0.2) is 0 Å². The van der Waals surface area contributed by atoms with E-state index in [0.717, 1.165) is 12.8 Å². The Morgan fingerprint density at radius 1 is 1.35 bits per heavy atom. The maximum Gasteiger partial charge on any atom is 0.256 e. The fourth-order valence-corrected chi connectivity index (χ4v) is 2.67. The number of amides is 1. The molecule has 23 heavy (non-hydrogen) atoms. The molecule has 0 bridgehead atoms. The first-order valence-corrected chi connectivity index (χ1v) is 8.07. The molecular weight excluding hydrogens is 317 g/mol. The largest absolute Gasteiger partial charge is 0.352 e. The van der Waals surface area contributed by atoms with E-state index < -0.39 is 0 Å². The Bertz CT molecular complexity index is 680. The van der Waals surface area contributed by atoms with Crippen molar-refractivity contribution in [3.63, 3.8) is 0 Å². The molecule has 0 aliphatic heterocycles. The molecule has 0 unspecified atom stereocenters. The van der Waals surface area contributed by atoms with Gasteiger partial charge in [0.2, 0.25) is 0 Å². The molecule has 0 fully saturated rings. The number of hydrogen-bond donors (Lipinski definition) is 1. The van der Waals surface area contributed by atoms with Gasteiger partial charge >= 0.3 is 0 Å². The van der Waals surface area contributed by atoms with E-state index in [9.17, 15) is 9.18 Å². The Kier molecular flexibility index (Phi) is 5.77. The Morgan fingerprint density at radius 3 is 2.61 bits per heavy atom. The average Bonchev–Trinajstić information content (AvgIpc) is 2.79. The predicted octanol–water partition coefficient (Wildman–Crippen LogP) is 4.14. The fraction of sp³-hybridized carbons (Fsp3) is 0.412. The predicted molar refractivity (Wildman–Crippen MR) is 89.7 cm³/mol. The van der Waals surface area contributed by atoms with Gasteiger partial charge in [-0.15, -0.1) is 0 Å². The quantitative estimate of drug-likeness (QED) is 0.805. The number of aromatic nitrogens is 2. The lowest BCUT2D eigenvalue weighted by Crippen LogP contribution is -2.25. The van der Waals surface area contributed by atoms with Gasteiger partial charge in [-0.1, -0.05) is 25.4 Å². The maximum absolute atomic E-state index is 13.0. The molecule has 1 heterocycles. The summed E-state index contributed by atoms with van der Waals surface area (Å²) in [4.78, 5) is 12.3. The molecule has 1 aromatic heterocycles. The molecule has 0 saturated carbocycles. The van der Waals surface area contributed by atoms with E-state index in [1.165, 1.54) is 16.8 Å².